The highest BCUT2D eigenvalue weighted by molar-refractivity contribution is 5.78. The number of likely N-dealkylation sites (tertiary alicyclic amines) is 2. The van der Waals surface area contributed by atoms with Crippen LogP contribution in [0.5, 0.6) is 0 Å². The second kappa shape index (κ2) is 6.48. The van der Waals surface area contributed by atoms with E-state index >= 15 is 0 Å². The Hall–Kier alpha value is -0.610. The highest BCUT2D eigenvalue weighted by Gasteiger charge is 2.37. The van der Waals surface area contributed by atoms with Crippen molar-refractivity contribution in [2.24, 2.45) is 5.92 Å². The second-order valence-corrected chi connectivity index (χ2v) is 8.00. The maximum absolute atomic E-state index is 12.9. The summed E-state index contributed by atoms with van der Waals surface area (Å²) >= 11 is 0. The Morgan fingerprint density at radius 3 is 2.68 bits per heavy atom. The van der Waals surface area contributed by atoms with Crippen molar-refractivity contribution in [3.8, 4) is 0 Å². The maximum Gasteiger partial charge on any atom is 0.237 e. The molecule has 124 valence electrons. The van der Waals surface area contributed by atoms with Gasteiger partial charge < -0.3 is 10.2 Å². The largest absolute Gasteiger partial charge is 0.338 e. The fraction of sp³-hybridized carbons (Fsp3) is 0.944. The molecule has 0 aromatic heterocycles. The number of piperidine rings is 1. The van der Waals surface area contributed by atoms with E-state index in [2.05, 4.69) is 15.1 Å². The van der Waals surface area contributed by atoms with Crippen LogP contribution in [0.2, 0.25) is 0 Å². The summed E-state index contributed by atoms with van der Waals surface area (Å²) < 4.78 is 0. The summed E-state index contributed by atoms with van der Waals surface area (Å²) in [6, 6.07) is 1.91. The van der Waals surface area contributed by atoms with Gasteiger partial charge in [0.15, 0.2) is 0 Å². The smallest absolute Gasteiger partial charge is 0.237 e. The molecule has 22 heavy (non-hydrogen) atoms. The van der Waals surface area contributed by atoms with Crippen molar-refractivity contribution >= 4 is 5.91 Å². The van der Waals surface area contributed by atoms with Gasteiger partial charge in [-0.1, -0.05) is 12.8 Å². The average Bonchev–Trinajstić information content (AvgIpc) is 2.89. The van der Waals surface area contributed by atoms with Crippen LogP contribution in [0.1, 0.15) is 57.8 Å². The molecule has 3 saturated heterocycles. The van der Waals surface area contributed by atoms with Crippen molar-refractivity contribution in [3.63, 3.8) is 0 Å². The molecule has 1 N–H and O–H groups in total. The van der Waals surface area contributed by atoms with E-state index in [1.165, 1.54) is 57.8 Å². The van der Waals surface area contributed by atoms with E-state index in [4.69, 9.17) is 0 Å². The highest BCUT2D eigenvalue weighted by atomic mass is 16.2. The Morgan fingerprint density at radius 1 is 0.909 bits per heavy atom. The molecule has 2 bridgehead atoms. The zero-order valence-electron chi connectivity index (χ0n) is 13.8. The van der Waals surface area contributed by atoms with E-state index in [-0.39, 0.29) is 0 Å². The first-order chi connectivity index (χ1) is 10.8. The SMILES string of the molecule is O=C(CN1CCC2CCC(C1)N2)N1CCCC2CCCCC21. The topological polar surface area (TPSA) is 35.6 Å². The van der Waals surface area contributed by atoms with Crippen molar-refractivity contribution in [2.45, 2.75) is 75.9 Å². The molecule has 4 unspecified atom stereocenters. The fourth-order valence-corrected chi connectivity index (χ4v) is 5.38. The van der Waals surface area contributed by atoms with Crippen LogP contribution in [0.25, 0.3) is 0 Å². The molecule has 0 aromatic carbocycles. The van der Waals surface area contributed by atoms with Gasteiger partial charge in [-0.05, 0) is 50.9 Å². The van der Waals surface area contributed by atoms with Crippen LogP contribution in [0.4, 0.5) is 0 Å². The van der Waals surface area contributed by atoms with Gasteiger partial charge in [0.05, 0.1) is 6.54 Å². The third-order valence-corrected chi connectivity index (χ3v) is 6.53. The average molecular weight is 305 g/mol. The molecule has 3 heterocycles. The summed E-state index contributed by atoms with van der Waals surface area (Å²) in [7, 11) is 0. The third-order valence-electron chi connectivity index (χ3n) is 6.53. The van der Waals surface area contributed by atoms with Crippen LogP contribution in [-0.2, 0) is 4.79 Å². The zero-order valence-corrected chi connectivity index (χ0v) is 13.8. The molecule has 4 nitrogen and oxygen atoms in total. The highest BCUT2D eigenvalue weighted by Crippen LogP contribution is 2.35. The molecule has 4 aliphatic rings. The van der Waals surface area contributed by atoms with Crippen molar-refractivity contribution in [1.29, 1.82) is 0 Å². The standard InChI is InChI=1S/C18H31N3O/c22-18(13-20-11-9-15-7-8-16(12-20)19-15)21-10-3-5-14-4-1-2-6-17(14)21/h14-17,19H,1-13H2. The third kappa shape index (κ3) is 3.05. The van der Waals surface area contributed by atoms with Gasteiger partial charge in [-0.3, -0.25) is 9.69 Å². The number of rotatable bonds is 2. The zero-order chi connectivity index (χ0) is 14.9. The van der Waals surface area contributed by atoms with E-state index in [0.717, 1.165) is 25.6 Å². The summed E-state index contributed by atoms with van der Waals surface area (Å²) in [4.78, 5) is 17.6. The van der Waals surface area contributed by atoms with Gasteiger partial charge in [-0.2, -0.15) is 0 Å². The number of nitrogens with zero attached hydrogens (tertiary/aromatic N) is 2. The second-order valence-electron chi connectivity index (χ2n) is 8.00. The number of carbonyl (C=O) groups excluding carboxylic acids is 1. The first-order valence-electron chi connectivity index (χ1n) is 9.57. The number of hydrogen-bond donors (Lipinski definition) is 1. The summed E-state index contributed by atoms with van der Waals surface area (Å²) in [5.41, 5.74) is 0. The van der Waals surface area contributed by atoms with Crippen molar-refractivity contribution in [3.05, 3.63) is 0 Å². The van der Waals surface area contributed by atoms with Crippen molar-refractivity contribution < 1.29 is 4.79 Å². The van der Waals surface area contributed by atoms with Crippen LogP contribution in [-0.4, -0.2) is 60.0 Å². The van der Waals surface area contributed by atoms with Gasteiger partial charge in [-0.25, -0.2) is 0 Å². The molecule has 0 aromatic rings. The number of carbonyl (C=O) groups is 1. The van der Waals surface area contributed by atoms with Gasteiger partial charge in [0, 0.05) is 37.8 Å². The molecule has 1 amide bonds. The maximum atomic E-state index is 12.9. The quantitative estimate of drug-likeness (QED) is 0.847. The van der Waals surface area contributed by atoms with Crippen molar-refractivity contribution in [1.82, 2.24) is 15.1 Å². The number of amides is 1. The monoisotopic (exact) mass is 305 g/mol. The Morgan fingerprint density at radius 2 is 1.73 bits per heavy atom. The molecule has 4 rings (SSSR count). The van der Waals surface area contributed by atoms with E-state index in [1.54, 1.807) is 0 Å². The molecular weight excluding hydrogens is 274 g/mol. The molecule has 0 spiro atoms. The Labute approximate surface area is 134 Å². The van der Waals surface area contributed by atoms with E-state index in [9.17, 15) is 4.79 Å². The minimum atomic E-state index is 0.411. The number of fused-ring (bicyclic) bond motifs is 3. The van der Waals surface area contributed by atoms with Crippen molar-refractivity contribution in [2.75, 3.05) is 26.2 Å². The summed E-state index contributed by atoms with van der Waals surface area (Å²) in [6.07, 6.45) is 11.7. The Balaban J connectivity index is 1.36. The van der Waals surface area contributed by atoms with Gasteiger partial charge in [0.25, 0.3) is 0 Å². The fourth-order valence-electron chi connectivity index (χ4n) is 5.38. The Bertz CT molecular complexity index is 411. The summed E-state index contributed by atoms with van der Waals surface area (Å²) in [5, 5.41) is 3.71. The molecule has 0 radical (unpaired) electrons. The molecule has 4 atom stereocenters. The van der Waals surface area contributed by atoms with E-state index in [1.807, 2.05) is 0 Å². The molecule has 1 saturated carbocycles. The molecule has 4 heteroatoms. The van der Waals surface area contributed by atoms with Crippen LogP contribution < -0.4 is 5.32 Å². The van der Waals surface area contributed by atoms with Crippen LogP contribution in [0.15, 0.2) is 0 Å². The van der Waals surface area contributed by atoms with Gasteiger partial charge in [0.1, 0.15) is 0 Å². The molecule has 1 aliphatic carbocycles. The summed E-state index contributed by atoms with van der Waals surface area (Å²) in [6.45, 7) is 3.85. The molecular formula is C18H31N3O. The van der Waals surface area contributed by atoms with Crippen LogP contribution >= 0.6 is 0 Å². The van der Waals surface area contributed by atoms with E-state index < -0.39 is 0 Å². The number of hydrogen-bond acceptors (Lipinski definition) is 3. The predicted octanol–water partition coefficient (Wildman–Crippen LogP) is 1.99. The van der Waals surface area contributed by atoms with Gasteiger partial charge in [-0.15, -0.1) is 0 Å². The Kier molecular flexibility index (Phi) is 4.40. The molecule has 3 aliphatic heterocycles. The number of nitrogens with one attached hydrogen (secondary N) is 1. The predicted molar refractivity (Wildman–Crippen MR) is 87.7 cm³/mol. The lowest BCUT2D eigenvalue weighted by Crippen LogP contribution is -2.53. The first kappa shape index (κ1) is 14.9. The van der Waals surface area contributed by atoms with E-state index in [0.29, 0.717) is 30.6 Å². The normalized spacial score (nSPS) is 39.4. The minimum Gasteiger partial charge on any atom is -0.338 e. The van der Waals surface area contributed by atoms with Crippen LogP contribution in [0, 0.1) is 5.92 Å². The minimum absolute atomic E-state index is 0.411. The van der Waals surface area contributed by atoms with Gasteiger partial charge in [0.2, 0.25) is 5.91 Å². The van der Waals surface area contributed by atoms with Crippen LogP contribution in [0.3, 0.4) is 0 Å². The first-order valence-corrected chi connectivity index (χ1v) is 9.57. The summed E-state index contributed by atoms with van der Waals surface area (Å²) in [5.74, 6) is 1.21. The lowest BCUT2D eigenvalue weighted by molar-refractivity contribution is -0.138. The molecule has 4 fully saturated rings. The lowest BCUT2D eigenvalue weighted by Gasteiger charge is -2.44. The van der Waals surface area contributed by atoms with Gasteiger partial charge >= 0.3 is 0 Å². The lowest BCUT2D eigenvalue weighted by atomic mass is 9.78.